The number of rotatable bonds is 2. The second-order valence-corrected chi connectivity index (χ2v) is 5.78. The van der Waals surface area contributed by atoms with Crippen LogP contribution in [0.15, 0.2) is 0 Å². The third kappa shape index (κ3) is 1.92. The molecule has 0 unspecified atom stereocenters. The lowest BCUT2D eigenvalue weighted by Crippen LogP contribution is -2.40. The highest BCUT2D eigenvalue weighted by Crippen LogP contribution is 2.36. The zero-order valence-corrected chi connectivity index (χ0v) is 11.8. The Bertz CT molecular complexity index is 461. The number of hydrogen-bond acceptors (Lipinski definition) is 3. The molecule has 17 heavy (non-hydrogen) atoms. The van der Waals surface area contributed by atoms with Crippen molar-refractivity contribution in [2.24, 2.45) is 12.8 Å². The van der Waals surface area contributed by atoms with Gasteiger partial charge in [0.2, 0.25) is 0 Å². The first-order valence-electron chi connectivity index (χ1n) is 5.95. The smallest absolute Gasteiger partial charge is 0.137 e. The van der Waals surface area contributed by atoms with Gasteiger partial charge in [-0.3, -0.25) is 4.68 Å². The maximum Gasteiger partial charge on any atom is 0.137 e. The monoisotopic (exact) mass is 252 g/mol. The van der Waals surface area contributed by atoms with Gasteiger partial charge in [-0.05, 0) is 33.6 Å². The number of nitrogens with zero attached hydrogens (tertiary/aromatic N) is 3. The highest BCUT2D eigenvalue weighted by atomic mass is 32.1. The molecule has 1 aromatic rings. The predicted octanol–water partition coefficient (Wildman–Crippen LogP) is 1.74. The molecule has 0 bridgehead atoms. The van der Waals surface area contributed by atoms with Crippen molar-refractivity contribution in [1.29, 1.82) is 0 Å². The fourth-order valence-electron chi connectivity index (χ4n) is 2.74. The van der Waals surface area contributed by atoms with E-state index in [1.165, 1.54) is 12.8 Å². The van der Waals surface area contributed by atoms with Crippen molar-refractivity contribution in [3.63, 3.8) is 0 Å². The van der Waals surface area contributed by atoms with Gasteiger partial charge < -0.3 is 10.6 Å². The number of anilines is 1. The highest BCUT2D eigenvalue weighted by Gasteiger charge is 2.36. The summed E-state index contributed by atoms with van der Waals surface area (Å²) in [5.41, 5.74) is 7.83. The summed E-state index contributed by atoms with van der Waals surface area (Å²) in [4.78, 5) is 2.81. The van der Waals surface area contributed by atoms with Crippen LogP contribution in [0, 0.1) is 6.92 Å². The number of thiocarbonyl (C=S) groups is 1. The second kappa shape index (κ2) is 3.98. The van der Waals surface area contributed by atoms with Gasteiger partial charge in [0, 0.05) is 19.1 Å². The summed E-state index contributed by atoms with van der Waals surface area (Å²) in [6.45, 7) is 7.51. The molecule has 2 N–H and O–H groups in total. The molecule has 1 aliphatic heterocycles. The third-order valence-electron chi connectivity index (χ3n) is 3.59. The maximum absolute atomic E-state index is 5.84. The molecule has 2 heterocycles. The summed E-state index contributed by atoms with van der Waals surface area (Å²) in [6, 6.07) is 0. The molecule has 1 fully saturated rings. The summed E-state index contributed by atoms with van der Waals surface area (Å²) in [5, 5.41) is 4.45. The molecule has 0 spiro atoms. The lowest BCUT2D eigenvalue weighted by atomic mass is 10.0. The molecule has 1 aromatic heterocycles. The quantitative estimate of drug-likeness (QED) is 0.815. The zero-order chi connectivity index (χ0) is 12.8. The fourth-order valence-corrected chi connectivity index (χ4v) is 2.98. The average molecular weight is 252 g/mol. The number of hydrogen-bond donors (Lipinski definition) is 1. The molecule has 1 aliphatic rings. The molecule has 0 amide bonds. The van der Waals surface area contributed by atoms with Crippen molar-refractivity contribution in [3.8, 4) is 0 Å². The molecule has 2 rings (SSSR count). The molecule has 5 heteroatoms. The number of aryl methyl sites for hydroxylation is 2. The van der Waals surface area contributed by atoms with Crippen molar-refractivity contribution >= 4 is 23.0 Å². The van der Waals surface area contributed by atoms with E-state index < -0.39 is 0 Å². The Morgan fingerprint density at radius 1 is 1.47 bits per heavy atom. The lowest BCUT2D eigenvalue weighted by Gasteiger charge is -2.34. The molecule has 94 valence electrons. The van der Waals surface area contributed by atoms with Gasteiger partial charge in [-0.25, -0.2) is 0 Å². The molecule has 1 saturated heterocycles. The van der Waals surface area contributed by atoms with Crippen LogP contribution in [0.25, 0.3) is 0 Å². The van der Waals surface area contributed by atoms with E-state index in [1.807, 2.05) is 18.7 Å². The predicted molar refractivity (Wildman–Crippen MR) is 74.5 cm³/mol. The van der Waals surface area contributed by atoms with Crippen LogP contribution in [0.4, 0.5) is 5.82 Å². The number of nitrogens with two attached hydrogens (primary N) is 1. The minimum absolute atomic E-state index is 0.153. The van der Waals surface area contributed by atoms with Gasteiger partial charge in [0.05, 0.1) is 11.3 Å². The Balaban J connectivity index is 2.55. The molecular formula is C12H20N4S. The maximum atomic E-state index is 5.84. The highest BCUT2D eigenvalue weighted by molar-refractivity contribution is 7.80. The summed E-state index contributed by atoms with van der Waals surface area (Å²) in [7, 11) is 1.96. The summed E-state index contributed by atoms with van der Waals surface area (Å²) < 4.78 is 1.90. The van der Waals surface area contributed by atoms with Gasteiger partial charge >= 0.3 is 0 Å². The van der Waals surface area contributed by atoms with E-state index >= 15 is 0 Å². The Morgan fingerprint density at radius 2 is 2.12 bits per heavy atom. The van der Waals surface area contributed by atoms with Gasteiger partial charge in [0.1, 0.15) is 10.8 Å². The van der Waals surface area contributed by atoms with Crippen LogP contribution >= 0.6 is 12.2 Å². The summed E-state index contributed by atoms with van der Waals surface area (Å²) in [5.74, 6) is 1.07. The van der Waals surface area contributed by atoms with Gasteiger partial charge in [0.15, 0.2) is 0 Å². The summed E-state index contributed by atoms with van der Waals surface area (Å²) >= 11 is 5.16. The van der Waals surface area contributed by atoms with Gasteiger partial charge in [-0.2, -0.15) is 5.10 Å². The van der Waals surface area contributed by atoms with Crippen LogP contribution in [-0.2, 0) is 7.05 Å². The van der Waals surface area contributed by atoms with Crippen LogP contribution in [0.2, 0.25) is 0 Å². The van der Waals surface area contributed by atoms with E-state index in [-0.39, 0.29) is 5.54 Å². The van der Waals surface area contributed by atoms with Crippen LogP contribution in [-0.4, -0.2) is 26.9 Å². The van der Waals surface area contributed by atoms with E-state index in [0.717, 1.165) is 23.6 Å². The standard InChI is InChI=1S/C12H20N4S/c1-8-9(10(13)17)11(15(4)14-8)16-7-5-6-12(16,2)3/h5-7H2,1-4H3,(H2,13,17). The normalized spacial score (nSPS) is 18.7. The topological polar surface area (TPSA) is 47.1 Å². The SMILES string of the molecule is Cc1nn(C)c(N2CCCC2(C)C)c1C(N)=S. The van der Waals surface area contributed by atoms with Crippen LogP contribution in [0.5, 0.6) is 0 Å². The van der Waals surface area contributed by atoms with Gasteiger partial charge in [0.25, 0.3) is 0 Å². The molecule has 4 nitrogen and oxygen atoms in total. The van der Waals surface area contributed by atoms with Crippen molar-refractivity contribution < 1.29 is 0 Å². The fraction of sp³-hybridized carbons (Fsp3) is 0.667. The van der Waals surface area contributed by atoms with E-state index in [9.17, 15) is 0 Å². The average Bonchev–Trinajstić information content (AvgIpc) is 2.65. The molecule has 0 aliphatic carbocycles. The zero-order valence-electron chi connectivity index (χ0n) is 10.9. The van der Waals surface area contributed by atoms with E-state index in [0.29, 0.717) is 4.99 Å². The Kier molecular flexibility index (Phi) is 2.89. The van der Waals surface area contributed by atoms with Crippen molar-refractivity contribution in [3.05, 3.63) is 11.3 Å². The van der Waals surface area contributed by atoms with Crippen molar-refractivity contribution in [2.45, 2.75) is 39.2 Å². The first kappa shape index (κ1) is 12.4. The Morgan fingerprint density at radius 3 is 2.59 bits per heavy atom. The Hall–Kier alpha value is -1.10. The molecule has 0 saturated carbocycles. The first-order valence-corrected chi connectivity index (χ1v) is 6.36. The lowest BCUT2D eigenvalue weighted by molar-refractivity contribution is 0.506. The minimum atomic E-state index is 0.153. The molecule has 0 aromatic carbocycles. The van der Waals surface area contributed by atoms with Crippen LogP contribution in [0.3, 0.4) is 0 Å². The van der Waals surface area contributed by atoms with Crippen LogP contribution in [0.1, 0.15) is 37.9 Å². The van der Waals surface area contributed by atoms with Gasteiger partial charge in [-0.15, -0.1) is 0 Å². The van der Waals surface area contributed by atoms with Crippen molar-refractivity contribution in [1.82, 2.24) is 9.78 Å². The van der Waals surface area contributed by atoms with Crippen molar-refractivity contribution in [2.75, 3.05) is 11.4 Å². The molecule has 0 atom stereocenters. The minimum Gasteiger partial charge on any atom is -0.389 e. The van der Waals surface area contributed by atoms with Crippen LogP contribution < -0.4 is 10.6 Å². The van der Waals surface area contributed by atoms with E-state index in [1.54, 1.807) is 0 Å². The van der Waals surface area contributed by atoms with E-state index in [4.69, 9.17) is 18.0 Å². The third-order valence-corrected chi connectivity index (χ3v) is 3.80. The number of aromatic nitrogens is 2. The second-order valence-electron chi connectivity index (χ2n) is 5.34. The molecule has 0 radical (unpaired) electrons. The van der Waals surface area contributed by atoms with Gasteiger partial charge in [-0.1, -0.05) is 12.2 Å². The molecular weight excluding hydrogens is 232 g/mol. The first-order chi connectivity index (χ1) is 7.84. The largest absolute Gasteiger partial charge is 0.389 e. The van der Waals surface area contributed by atoms with E-state index in [2.05, 4.69) is 23.8 Å². The Labute approximate surface area is 108 Å². The summed E-state index contributed by atoms with van der Waals surface area (Å²) in [6.07, 6.45) is 2.39.